The van der Waals surface area contributed by atoms with Gasteiger partial charge in [-0.1, -0.05) is 41.4 Å². The molecule has 26 heavy (non-hydrogen) atoms. The maximum absolute atomic E-state index is 12.9. The molecule has 2 aromatic carbocycles. The SMILES string of the molecule is Cc1ccc(C2=C(Cl)C(=O)N(c3ccc(N4CCCC4)cc3)C2=O)cc1. The van der Waals surface area contributed by atoms with Gasteiger partial charge in [-0.25, -0.2) is 4.90 Å². The average Bonchev–Trinajstić information content (AvgIpc) is 3.25. The average molecular weight is 367 g/mol. The van der Waals surface area contributed by atoms with Crippen LogP contribution in [0.2, 0.25) is 0 Å². The molecule has 0 atom stereocenters. The van der Waals surface area contributed by atoms with Crippen molar-refractivity contribution in [3.05, 3.63) is 64.7 Å². The van der Waals surface area contributed by atoms with Crippen molar-refractivity contribution in [3.8, 4) is 0 Å². The molecule has 2 aliphatic rings. The predicted octanol–water partition coefficient (Wildman–Crippen LogP) is 4.12. The van der Waals surface area contributed by atoms with Crippen molar-refractivity contribution in [2.45, 2.75) is 19.8 Å². The highest BCUT2D eigenvalue weighted by Gasteiger charge is 2.39. The van der Waals surface area contributed by atoms with Gasteiger partial charge in [0.05, 0.1) is 11.3 Å². The van der Waals surface area contributed by atoms with Crippen LogP contribution in [-0.2, 0) is 9.59 Å². The van der Waals surface area contributed by atoms with Gasteiger partial charge in [0.2, 0.25) is 0 Å². The number of carbonyl (C=O) groups is 2. The standard InChI is InChI=1S/C21H19ClN2O2/c1-14-4-6-15(7-5-14)18-19(22)21(26)24(20(18)25)17-10-8-16(9-11-17)23-12-2-3-13-23/h4-11H,2-3,12-13H2,1H3. The van der Waals surface area contributed by atoms with Gasteiger partial charge < -0.3 is 4.90 Å². The summed E-state index contributed by atoms with van der Waals surface area (Å²) in [6, 6.07) is 15.0. The minimum absolute atomic E-state index is 0.0255. The fourth-order valence-electron chi connectivity index (χ4n) is 3.50. The highest BCUT2D eigenvalue weighted by molar-refractivity contribution is 6.60. The lowest BCUT2D eigenvalue weighted by molar-refractivity contribution is -0.119. The summed E-state index contributed by atoms with van der Waals surface area (Å²) in [4.78, 5) is 29.0. The summed E-state index contributed by atoms with van der Waals surface area (Å²) in [6.07, 6.45) is 2.40. The van der Waals surface area contributed by atoms with E-state index in [1.54, 1.807) is 0 Å². The third-order valence-electron chi connectivity index (χ3n) is 4.95. The number of amides is 2. The van der Waals surface area contributed by atoms with Crippen LogP contribution in [0, 0.1) is 6.92 Å². The first kappa shape index (κ1) is 16.9. The maximum Gasteiger partial charge on any atom is 0.277 e. The van der Waals surface area contributed by atoms with E-state index < -0.39 is 5.91 Å². The molecular weight excluding hydrogens is 348 g/mol. The summed E-state index contributed by atoms with van der Waals surface area (Å²) >= 11 is 6.24. The quantitative estimate of drug-likeness (QED) is 0.767. The summed E-state index contributed by atoms with van der Waals surface area (Å²) in [6.45, 7) is 4.06. The van der Waals surface area contributed by atoms with Gasteiger partial charge in [0.25, 0.3) is 11.8 Å². The Balaban J connectivity index is 1.63. The zero-order valence-corrected chi connectivity index (χ0v) is 15.3. The molecule has 2 aromatic rings. The number of hydrogen-bond acceptors (Lipinski definition) is 3. The molecule has 2 aliphatic heterocycles. The molecule has 0 aliphatic carbocycles. The topological polar surface area (TPSA) is 40.6 Å². The largest absolute Gasteiger partial charge is 0.372 e. The van der Waals surface area contributed by atoms with Crippen molar-refractivity contribution in [1.82, 2.24) is 0 Å². The van der Waals surface area contributed by atoms with Crippen molar-refractivity contribution in [2.24, 2.45) is 0 Å². The van der Waals surface area contributed by atoms with Gasteiger partial charge in [0.15, 0.2) is 0 Å². The molecule has 2 amide bonds. The Morgan fingerprint density at radius 2 is 1.38 bits per heavy atom. The van der Waals surface area contributed by atoms with Crippen LogP contribution in [0.4, 0.5) is 11.4 Å². The number of imide groups is 1. The van der Waals surface area contributed by atoms with Crippen LogP contribution in [0.25, 0.3) is 5.57 Å². The molecular formula is C21H19ClN2O2. The van der Waals surface area contributed by atoms with Crippen LogP contribution in [-0.4, -0.2) is 24.9 Å². The second kappa shape index (κ2) is 6.61. The minimum atomic E-state index is -0.471. The summed E-state index contributed by atoms with van der Waals surface area (Å²) < 4.78 is 0. The molecule has 5 heteroatoms. The van der Waals surface area contributed by atoms with E-state index in [1.165, 1.54) is 12.8 Å². The smallest absolute Gasteiger partial charge is 0.277 e. The molecule has 0 spiro atoms. The van der Waals surface area contributed by atoms with Crippen molar-refractivity contribution in [2.75, 3.05) is 22.9 Å². The molecule has 2 heterocycles. The fourth-order valence-corrected chi connectivity index (χ4v) is 3.77. The Labute approximate surface area is 157 Å². The number of aryl methyl sites for hydroxylation is 1. The molecule has 4 nitrogen and oxygen atoms in total. The molecule has 0 unspecified atom stereocenters. The number of nitrogens with zero attached hydrogens (tertiary/aromatic N) is 2. The van der Waals surface area contributed by atoms with Crippen LogP contribution < -0.4 is 9.80 Å². The van der Waals surface area contributed by atoms with Crippen LogP contribution in [0.15, 0.2) is 53.6 Å². The van der Waals surface area contributed by atoms with Gasteiger partial charge in [0.1, 0.15) is 5.03 Å². The molecule has 1 saturated heterocycles. The number of rotatable bonds is 3. The lowest BCUT2D eigenvalue weighted by Gasteiger charge is -2.20. The minimum Gasteiger partial charge on any atom is -0.372 e. The van der Waals surface area contributed by atoms with Crippen LogP contribution in [0.3, 0.4) is 0 Å². The van der Waals surface area contributed by atoms with Crippen molar-refractivity contribution in [1.29, 1.82) is 0 Å². The molecule has 1 fully saturated rings. The molecule has 0 N–H and O–H groups in total. The summed E-state index contributed by atoms with van der Waals surface area (Å²) in [5, 5.41) is -0.0255. The van der Waals surface area contributed by atoms with Crippen LogP contribution >= 0.6 is 11.6 Å². The van der Waals surface area contributed by atoms with Gasteiger partial charge >= 0.3 is 0 Å². The second-order valence-electron chi connectivity index (χ2n) is 6.71. The van der Waals surface area contributed by atoms with Gasteiger partial charge in [0, 0.05) is 18.8 Å². The number of benzene rings is 2. The van der Waals surface area contributed by atoms with Crippen LogP contribution in [0.5, 0.6) is 0 Å². The van der Waals surface area contributed by atoms with E-state index in [0.29, 0.717) is 11.3 Å². The predicted molar refractivity (Wildman–Crippen MR) is 104 cm³/mol. The Morgan fingerprint density at radius 1 is 0.808 bits per heavy atom. The van der Waals surface area contributed by atoms with Crippen molar-refractivity contribution >= 4 is 40.4 Å². The van der Waals surface area contributed by atoms with Crippen molar-refractivity contribution in [3.63, 3.8) is 0 Å². The molecule has 4 rings (SSSR count). The van der Waals surface area contributed by atoms with E-state index in [-0.39, 0.29) is 16.5 Å². The molecule has 0 radical (unpaired) electrons. The normalized spacial score (nSPS) is 17.6. The first-order valence-electron chi connectivity index (χ1n) is 8.77. The third kappa shape index (κ3) is 2.80. The van der Waals surface area contributed by atoms with Gasteiger partial charge in [-0.2, -0.15) is 0 Å². The Morgan fingerprint density at radius 3 is 2.00 bits per heavy atom. The Bertz CT molecular complexity index is 895. The van der Waals surface area contributed by atoms with Gasteiger partial charge in [-0.15, -0.1) is 0 Å². The summed E-state index contributed by atoms with van der Waals surface area (Å²) in [7, 11) is 0. The highest BCUT2D eigenvalue weighted by atomic mass is 35.5. The second-order valence-corrected chi connectivity index (χ2v) is 7.09. The zero-order valence-electron chi connectivity index (χ0n) is 14.5. The van der Waals surface area contributed by atoms with Crippen LogP contribution in [0.1, 0.15) is 24.0 Å². The summed E-state index contributed by atoms with van der Waals surface area (Å²) in [5.41, 5.74) is 3.67. The summed E-state index contributed by atoms with van der Waals surface area (Å²) in [5.74, 6) is -0.848. The van der Waals surface area contributed by atoms with E-state index in [9.17, 15) is 9.59 Å². The molecule has 0 aromatic heterocycles. The lowest BCUT2D eigenvalue weighted by Crippen LogP contribution is -2.31. The first-order chi connectivity index (χ1) is 12.6. The molecule has 0 saturated carbocycles. The number of hydrogen-bond donors (Lipinski definition) is 0. The van der Waals surface area contributed by atoms with E-state index >= 15 is 0 Å². The number of anilines is 2. The first-order valence-corrected chi connectivity index (χ1v) is 9.14. The van der Waals surface area contributed by atoms with E-state index in [0.717, 1.165) is 29.2 Å². The lowest BCUT2D eigenvalue weighted by atomic mass is 10.0. The number of carbonyl (C=O) groups excluding carboxylic acids is 2. The van der Waals surface area contributed by atoms with E-state index in [2.05, 4.69) is 4.90 Å². The maximum atomic E-state index is 12.9. The Kier molecular flexibility index (Phi) is 4.29. The van der Waals surface area contributed by atoms with E-state index in [1.807, 2.05) is 55.5 Å². The third-order valence-corrected chi connectivity index (χ3v) is 5.30. The van der Waals surface area contributed by atoms with E-state index in [4.69, 9.17) is 11.6 Å². The monoisotopic (exact) mass is 366 g/mol. The van der Waals surface area contributed by atoms with Crippen molar-refractivity contribution < 1.29 is 9.59 Å². The Hall–Kier alpha value is -2.59. The highest BCUT2D eigenvalue weighted by Crippen LogP contribution is 2.35. The zero-order chi connectivity index (χ0) is 18.3. The van der Waals surface area contributed by atoms with Gasteiger partial charge in [-0.05, 0) is 49.6 Å². The van der Waals surface area contributed by atoms with Gasteiger partial charge in [-0.3, -0.25) is 9.59 Å². The molecule has 0 bridgehead atoms. The molecule has 132 valence electrons. The number of halogens is 1. The fraction of sp³-hybridized carbons (Fsp3) is 0.238.